The van der Waals surface area contributed by atoms with Gasteiger partial charge in [-0.3, -0.25) is 9.58 Å². The predicted octanol–water partition coefficient (Wildman–Crippen LogP) is 4.26. The lowest BCUT2D eigenvalue weighted by atomic mass is 10.0. The Balaban J connectivity index is 1.57. The number of ether oxygens (including phenoxy) is 1. The number of aryl methyl sites for hydroxylation is 1. The van der Waals surface area contributed by atoms with Gasteiger partial charge in [-0.05, 0) is 27.0 Å². The zero-order valence-electron chi connectivity index (χ0n) is 21.3. The van der Waals surface area contributed by atoms with E-state index in [1.165, 1.54) is 0 Å². The molecule has 4 aromatic rings. The number of piperazine rings is 1. The molecule has 0 bridgehead atoms. The minimum atomic E-state index is -0.148. The summed E-state index contributed by atoms with van der Waals surface area (Å²) in [4.78, 5) is 26.6. The number of anilines is 1. The summed E-state index contributed by atoms with van der Waals surface area (Å²) in [5.41, 5.74) is 4.76. The fourth-order valence-electron chi connectivity index (χ4n) is 4.81. The monoisotopic (exact) mass is 485 g/mol. The van der Waals surface area contributed by atoms with E-state index in [0.717, 1.165) is 40.0 Å². The van der Waals surface area contributed by atoms with Crippen molar-refractivity contribution in [3.8, 4) is 28.3 Å². The number of nitrogens with one attached hydrogen (secondary N) is 1. The highest BCUT2D eigenvalue weighted by molar-refractivity contribution is 6.01. The molecular weight excluding hydrogens is 454 g/mol. The summed E-state index contributed by atoms with van der Waals surface area (Å²) in [5.74, 6) is 0.546. The van der Waals surface area contributed by atoms with Crippen molar-refractivity contribution < 1.29 is 9.53 Å². The topological polar surface area (TPSA) is 88.4 Å². The summed E-state index contributed by atoms with van der Waals surface area (Å²) < 4.78 is 7.42. The van der Waals surface area contributed by atoms with Crippen LogP contribution in [0.4, 0.5) is 10.5 Å². The molecule has 1 N–H and O–H groups in total. The molecule has 0 saturated carbocycles. The van der Waals surface area contributed by atoms with E-state index in [1.807, 2.05) is 60.6 Å². The molecule has 1 fully saturated rings. The average Bonchev–Trinajstić information content (AvgIpc) is 3.27. The molecule has 5 rings (SSSR count). The van der Waals surface area contributed by atoms with Crippen LogP contribution in [0.5, 0.6) is 5.75 Å². The standard InChI is InChI=1S/C27H31N7O2/c1-17-14-34(18(2)13-32(17)3)27(35)30-23-11-20-22(12-24(23)36-5)28-16-29-26(20)21-15-33(4)31-25(21)19-9-7-6-8-10-19/h6-12,15-18H,13-14H2,1-5H3,(H,30,35)/t17-,18+/m1/s1. The lowest BCUT2D eigenvalue weighted by Crippen LogP contribution is -2.57. The van der Waals surface area contributed by atoms with E-state index in [1.54, 1.807) is 18.1 Å². The van der Waals surface area contributed by atoms with E-state index in [-0.39, 0.29) is 18.1 Å². The third kappa shape index (κ3) is 4.37. The maximum absolute atomic E-state index is 13.3. The molecule has 0 radical (unpaired) electrons. The van der Waals surface area contributed by atoms with Crippen molar-refractivity contribution in [3.05, 3.63) is 55.0 Å². The van der Waals surface area contributed by atoms with Gasteiger partial charge in [0, 0.05) is 61.0 Å². The van der Waals surface area contributed by atoms with Gasteiger partial charge in [-0.2, -0.15) is 5.10 Å². The van der Waals surface area contributed by atoms with Crippen LogP contribution in [0, 0.1) is 0 Å². The highest BCUT2D eigenvalue weighted by atomic mass is 16.5. The Morgan fingerprint density at radius 2 is 1.81 bits per heavy atom. The van der Waals surface area contributed by atoms with Crippen LogP contribution in [0.3, 0.4) is 0 Å². The van der Waals surface area contributed by atoms with Gasteiger partial charge in [-0.1, -0.05) is 30.3 Å². The molecule has 2 aromatic carbocycles. The van der Waals surface area contributed by atoms with Crippen LogP contribution in [0.25, 0.3) is 33.4 Å². The van der Waals surface area contributed by atoms with Gasteiger partial charge in [-0.25, -0.2) is 14.8 Å². The van der Waals surface area contributed by atoms with Crippen molar-refractivity contribution in [1.82, 2.24) is 29.5 Å². The summed E-state index contributed by atoms with van der Waals surface area (Å²) >= 11 is 0. The minimum Gasteiger partial charge on any atom is -0.494 e. The Hall–Kier alpha value is -3.98. The number of aromatic nitrogens is 4. The van der Waals surface area contributed by atoms with Crippen molar-refractivity contribution in [1.29, 1.82) is 0 Å². The molecule has 1 aliphatic heterocycles. The maximum atomic E-state index is 13.3. The predicted molar refractivity (Wildman–Crippen MR) is 141 cm³/mol. The van der Waals surface area contributed by atoms with Gasteiger partial charge in [0.25, 0.3) is 0 Å². The number of amides is 2. The first-order valence-electron chi connectivity index (χ1n) is 12.1. The Morgan fingerprint density at radius 1 is 1.03 bits per heavy atom. The molecule has 1 aliphatic rings. The SMILES string of the molecule is COc1cc2ncnc(-c3cn(C)nc3-c3ccccc3)c2cc1NC(=O)N1C[C@@H](C)N(C)C[C@@H]1C. The summed E-state index contributed by atoms with van der Waals surface area (Å²) in [6.07, 6.45) is 3.50. The van der Waals surface area contributed by atoms with E-state index in [0.29, 0.717) is 18.0 Å². The second-order valence-electron chi connectivity index (χ2n) is 9.44. The minimum absolute atomic E-state index is 0.0976. The zero-order valence-corrected chi connectivity index (χ0v) is 21.3. The Bertz CT molecular complexity index is 1400. The lowest BCUT2D eigenvalue weighted by Gasteiger charge is -2.42. The number of fused-ring (bicyclic) bond motifs is 1. The molecule has 1 saturated heterocycles. The number of rotatable bonds is 4. The van der Waals surface area contributed by atoms with Crippen molar-refractivity contribution in [3.63, 3.8) is 0 Å². The van der Waals surface area contributed by atoms with Crippen LogP contribution in [0.1, 0.15) is 13.8 Å². The van der Waals surface area contributed by atoms with E-state index < -0.39 is 0 Å². The molecule has 3 heterocycles. The normalized spacial score (nSPS) is 18.4. The lowest BCUT2D eigenvalue weighted by molar-refractivity contribution is 0.0868. The van der Waals surface area contributed by atoms with Crippen LogP contribution in [-0.2, 0) is 7.05 Å². The number of carbonyl (C=O) groups is 1. The fraction of sp³-hybridized carbons (Fsp3) is 0.333. The number of urea groups is 1. The third-order valence-electron chi connectivity index (χ3n) is 6.89. The van der Waals surface area contributed by atoms with Gasteiger partial charge in [0.1, 0.15) is 17.8 Å². The first-order chi connectivity index (χ1) is 17.4. The molecule has 0 unspecified atom stereocenters. The Morgan fingerprint density at radius 3 is 2.56 bits per heavy atom. The number of nitrogens with zero attached hydrogens (tertiary/aromatic N) is 6. The number of carbonyl (C=O) groups excluding carboxylic acids is 1. The highest BCUT2D eigenvalue weighted by Gasteiger charge is 2.30. The summed E-state index contributed by atoms with van der Waals surface area (Å²) in [7, 11) is 5.58. The van der Waals surface area contributed by atoms with Crippen molar-refractivity contribution in [2.45, 2.75) is 25.9 Å². The molecule has 9 heteroatoms. The van der Waals surface area contributed by atoms with Crippen LogP contribution in [-0.4, -0.2) is 74.9 Å². The summed E-state index contributed by atoms with van der Waals surface area (Å²) in [6, 6.07) is 14.0. The number of benzene rings is 2. The highest BCUT2D eigenvalue weighted by Crippen LogP contribution is 2.37. The van der Waals surface area contributed by atoms with Crippen molar-refractivity contribution in [2.75, 3.05) is 32.6 Å². The number of hydrogen-bond donors (Lipinski definition) is 1. The second kappa shape index (κ2) is 9.58. The summed E-state index contributed by atoms with van der Waals surface area (Å²) in [6.45, 7) is 5.68. The molecule has 0 aliphatic carbocycles. The van der Waals surface area contributed by atoms with Crippen LogP contribution in [0.15, 0.2) is 55.0 Å². The van der Waals surface area contributed by atoms with E-state index in [9.17, 15) is 4.79 Å². The van der Waals surface area contributed by atoms with Crippen LogP contribution < -0.4 is 10.1 Å². The fourth-order valence-corrected chi connectivity index (χ4v) is 4.81. The van der Waals surface area contributed by atoms with E-state index >= 15 is 0 Å². The molecular formula is C27H31N7O2. The third-order valence-corrected chi connectivity index (χ3v) is 6.89. The number of methoxy groups -OCH3 is 1. The van der Waals surface area contributed by atoms with Crippen molar-refractivity contribution in [2.24, 2.45) is 7.05 Å². The average molecular weight is 486 g/mol. The molecule has 2 amide bonds. The van der Waals surface area contributed by atoms with Crippen LogP contribution >= 0.6 is 0 Å². The Kier molecular flexibility index (Phi) is 6.32. The first kappa shape index (κ1) is 23.7. The second-order valence-corrected chi connectivity index (χ2v) is 9.44. The van der Waals surface area contributed by atoms with E-state index in [2.05, 4.69) is 41.1 Å². The molecule has 36 heavy (non-hydrogen) atoms. The number of hydrogen-bond acceptors (Lipinski definition) is 6. The maximum Gasteiger partial charge on any atom is 0.322 e. The molecule has 9 nitrogen and oxygen atoms in total. The molecule has 2 atom stereocenters. The molecule has 2 aromatic heterocycles. The first-order valence-corrected chi connectivity index (χ1v) is 12.1. The molecule has 186 valence electrons. The van der Waals surface area contributed by atoms with Gasteiger partial charge in [0.2, 0.25) is 0 Å². The largest absolute Gasteiger partial charge is 0.494 e. The number of likely N-dealkylation sites (N-methyl/N-ethyl adjacent to an activating group) is 1. The summed E-state index contributed by atoms with van der Waals surface area (Å²) in [5, 5.41) is 8.59. The van der Waals surface area contributed by atoms with Crippen molar-refractivity contribution >= 4 is 22.6 Å². The smallest absolute Gasteiger partial charge is 0.322 e. The van der Waals surface area contributed by atoms with E-state index in [4.69, 9.17) is 9.84 Å². The molecule has 0 spiro atoms. The van der Waals surface area contributed by atoms with Gasteiger partial charge >= 0.3 is 6.03 Å². The Labute approximate surface area is 210 Å². The van der Waals surface area contributed by atoms with Gasteiger partial charge in [0.15, 0.2) is 0 Å². The van der Waals surface area contributed by atoms with Crippen LogP contribution in [0.2, 0.25) is 0 Å². The van der Waals surface area contributed by atoms with Gasteiger partial charge < -0.3 is 15.0 Å². The quantitative estimate of drug-likeness (QED) is 0.465. The van der Waals surface area contributed by atoms with Gasteiger partial charge in [-0.15, -0.1) is 0 Å². The zero-order chi connectivity index (χ0) is 25.4. The van der Waals surface area contributed by atoms with Gasteiger partial charge in [0.05, 0.1) is 24.0 Å².